The first-order valence-electron chi connectivity index (χ1n) is 7.45. The Labute approximate surface area is 129 Å². The average Bonchev–Trinajstić information content (AvgIpc) is 3.31. The van der Waals surface area contributed by atoms with Gasteiger partial charge in [-0.3, -0.25) is 9.59 Å². The van der Waals surface area contributed by atoms with Gasteiger partial charge in [0.15, 0.2) is 0 Å². The number of hydrogen-bond acceptors (Lipinski definition) is 2. The quantitative estimate of drug-likeness (QED) is 0.928. The molecule has 5 heteroatoms. The van der Waals surface area contributed by atoms with Crippen LogP contribution in [0.1, 0.15) is 31.2 Å². The van der Waals surface area contributed by atoms with E-state index < -0.39 is 0 Å². The molecule has 1 aromatic carbocycles. The van der Waals surface area contributed by atoms with Crippen LogP contribution in [0.3, 0.4) is 0 Å². The minimum Gasteiger partial charge on any atom is -0.352 e. The molecule has 4 nitrogen and oxygen atoms in total. The molecular weight excluding hydrogens is 288 g/mol. The van der Waals surface area contributed by atoms with Gasteiger partial charge in [-0.25, -0.2) is 0 Å². The fourth-order valence-electron chi connectivity index (χ4n) is 2.79. The highest BCUT2D eigenvalue weighted by Crippen LogP contribution is 2.31. The van der Waals surface area contributed by atoms with Crippen molar-refractivity contribution in [2.24, 2.45) is 5.92 Å². The third-order valence-corrected chi connectivity index (χ3v) is 4.58. The smallest absolute Gasteiger partial charge is 0.225 e. The summed E-state index contributed by atoms with van der Waals surface area (Å²) >= 11 is 6.08. The van der Waals surface area contributed by atoms with Crippen molar-refractivity contribution in [1.29, 1.82) is 0 Å². The third-order valence-electron chi connectivity index (χ3n) is 4.21. The maximum absolute atomic E-state index is 12.3. The van der Waals surface area contributed by atoms with Gasteiger partial charge in [0.2, 0.25) is 11.8 Å². The van der Waals surface area contributed by atoms with E-state index in [4.69, 9.17) is 11.6 Å². The lowest BCUT2D eigenvalue weighted by Crippen LogP contribution is -2.46. The monoisotopic (exact) mass is 306 g/mol. The fraction of sp³-hybridized carbons (Fsp3) is 0.500. The Kier molecular flexibility index (Phi) is 4.15. The van der Waals surface area contributed by atoms with Gasteiger partial charge >= 0.3 is 0 Å². The van der Waals surface area contributed by atoms with E-state index in [9.17, 15) is 9.59 Å². The van der Waals surface area contributed by atoms with Crippen LogP contribution in [0, 0.1) is 5.92 Å². The van der Waals surface area contributed by atoms with Gasteiger partial charge in [-0.1, -0.05) is 29.8 Å². The van der Waals surface area contributed by atoms with Crippen LogP contribution in [0.2, 0.25) is 5.02 Å². The first kappa shape index (κ1) is 14.4. The van der Waals surface area contributed by atoms with E-state index in [1.165, 1.54) is 0 Å². The minimum absolute atomic E-state index is 0.0214. The van der Waals surface area contributed by atoms with Crippen molar-refractivity contribution < 1.29 is 9.59 Å². The van der Waals surface area contributed by atoms with Crippen LogP contribution in [-0.2, 0) is 16.1 Å². The summed E-state index contributed by atoms with van der Waals surface area (Å²) in [4.78, 5) is 26.0. The Bertz CT molecular complexity index is 557. The standard InChI is InChI=1S/C16H19ClN2O2/c17-14-4-2-1-3-11(14)9-18-16(21)12-5-8-15(20)19(10-12)13-6-7-13/h1-4,12-13H,5-10H2,(H,18,21)/t12-/m0/s1. The van der Waals surface area contributed by atoms with E-state index in [1.54, 1.807) is 0 Å². The second kappa shape index (κ2) is 6.06. The Hall–Kier alpha value is -1.55. The summed E-state index contributed by atoms with van der Waals surface area (Å²) in [5, 5.41) is 3.61. The maximum atomic E-state index is 12.3. The molecule has 1 heterocycles. The van der Waals surface area contributed by atoms with Gasteiger partial charge in [0.25, 0.3) is 0 Å². The first-order chi connectivity index (χ1) is 10.1. The normalized spacial score (nSPS) is 22.2. The zero-order chi connectivity index (χ0) is 14.8. The van der Waals surface area contributed by atoms with E-state index in [0.29, 0.717) is 37.0 Å². The van der Waals surface area contributed by atoms with E-state index in [0.717, 1.165) is 18.4 Å². The Morgan fingerprint density at radius 3 is 2.76 bits per heavy atom. The van der Waals surface area contributed by atoms with Crippen molar-refractivity contribution in [2.45, 2.75) is 38.3 Å². The fourth-order valence-corrected chi connectivity index (χ4v) is 3.00. The van der Waals surface area contributed by atoms with Gasteiger partial charge in [-0.05, 0) is 30.9 Å². The summed E-state index contributed by atoms with van der Waals surface area (Å²) in [6.07, 6.45) is 3.30. The number of carbonyl (C=O) groups excluding carboxylic acids is 2. The Morgan fingerprint density at radius 2 is 2.05 bits per heavy atom. The van der Waals surface area contributed by atoms with Crippen LogP contribution in [-0.4, -0.2) is 29.3 Å². The number of likely N-dealkylation sites (tertiary alicyclic amines) is 1. The number of benzene rings is 1. The number of halogens is 1. The molecule has 1 aliphatic carbocycles. The summed E-state index contributed by atoms with van der Waals surface area (Å²) in [7, 11) is 0. The van der Waals surface area contributed by atoms with Gasteiger partial charge < -0.3 is 10.2 Å². The van der Waals surface area contributed by atoms with Crippen molar-refractivity contribution in [3.8, 4) is 0 Å². The highest BCUT2D eigenvalue weighted by atomic mass is 35.5. The minimum atomic E-state index is -0.0919. The highest BCUT2D eigenvalue weighted by molar-refractivity contribution is 6.31. The van der Waals surface area contributed by atoms with Gasteiger partial charge in [0.1, 0.15) is 0 Å². The van der Waals surface area contributed by atoms with Crippen LogP contribution >= 0.6 is 11.6 Å². The first-order valence-corrected chi connectivity index (χ1v) is 7.83. The lowest BCUT2D eigenvalue weighted by Gasteiger charge is -2.32. The highest BCUT2D eigenvalue weighted by Gasteiger charge is 2.38. The van der Waals surface area contributed by atoms with Gasteiger partial charge in [-0.2, -0.15) is 0 Å². The van der Waals surface area contributed by atoms with Crippen molar-refractivity contribution in [3.63, 3.8) is 0 Å². The van der Waals surface area contributed by atoms with Crippen molar-refractivity contribution in [3.05, 3.63) is 34.9 Å². The molecule has 0 radical (unpaired) electrons. The SMILES string of the molecule is O=C(NCc1ccccc1Cl)[C@H]1CCC(=O)N(C2CC2)C1. The van der Waals surface area contributed by atoms with Crippen LogP contribution < -0.4 is 5.32 Å². The van der Waals surface area contributed by atoms with Crippen LogP contribution in [0.5, 0.6) is 0 Å². The maximum Gasteiger partial charge on any atom is 0.225 e. The summed E-state index contributed by atoms with van der Waals surface area (Å²) in [6, 6.07) is 7.88. The number of piperidine rings is 1. The molecule has 1 saturated carbocycles. The topological polar surface area (TPSA) is 49.4 Å². The second-order valence-electron chi connectivity index (χ2n) is 5.82. The zero-order valence-corrected chi connectivity index (χ0v) is 12.6. The average molecular weight is 307 g/mol. The van der Waals surface area contributed by atoms with E-state index in [2.05, 4.69) is 5.32 Å². The van der Waals surface area contributed by atoms with Crippen molar-refractivity contribution in [2.75, 3.05) is 6.54 Å². The molecule has 2 aliphatic rings. The van der Waals surface area contributed by atoms with Crippen molar-refractivity contribution >= 4 is 23.4 Å². The van der Waals surface area contributed by atoms with Crippen LogP contribution in [0.4, 0.5) is 0 Å². The molecule has 2 amide bonds. The summed E-state index contributed by atoms with van der Waals surface area (Å²) in [5.74, 6) is 0.131. The molecule has 2 fully saturated rings. The summed E-state index contributed by atoms with van der Waals surface area (Å²) in [6.45, 7) is 1.00. The second-order valence-corrected chi connectivity index (χ2v) is 6.23. The molecule has 3 rings (SSSR count). The van der Waals surface area contributed by atoms with Gasteiger partial charge in [0.05, 0.1) is 5.92 Å². The molecule has 1 N–H and O–H groups in total. The molecule has 21 heavy (non-hydrogen) atoms. The number of nitrogens with one attached hydrogen (secondary N) is 1. The van der Waals surface area contributed by atoms with Crippen molar-refractivity contribution in [1.82, 2.24) is 10.2 Å². The van der Waals surface area contributed by atoms with E-state index in [1.807, 2.05) is 29.2 Å². The predicted molar refractivity (Wildman–Crippen MR) is 80.8 cm³/mol. The molecule has 0 aromatic heterocycles. The molecule has 0 spiro atoms. The number of carbonyl (C=O) groups is 2. The number of hydrogen-bond donors (Lipinski definition) is 1. The lowest BCUT2D eigenvalue weighted by molar-refractivity contribution is -0.138. The molecule has 1 atom stereocenters. The third kappa shape index (κ3) is 3.38. The largest absolute Gasteiger partial charge is 0.352 e. The lowest BCUT2D eigenvalue weighted by atomic mass is 9.96. The molecule has 0 unspecified atom stereocenters. The van der Waals surface area contributed by atoms with Gasteiger partial charge in [0, 0.05) is 30.6 Å². The van der Waals surface area contributed by atoms with Gasteiger partial charge in [-0.15, -0.1) is 0 Å². The number of rotatable bonds is 4. The summed E-state index contributed by atoms with van der Waals surface area (Å²) < 4.78 is 0. The molecule has 1 saturated heterocycles. The van der Waals surface area contributed by atoms with Crippen LogP contribution in [0.15, 0.2) is 24.3 Å². The Balaban J connectivity index is 1.55. The zero-order valence-electron chi connectivity index (χ0n) is 11.8. The van der Waals surface area contributed by atoms with E-state index in [-0.39, 0.29) is 17.7 Å². The van der Waals surface area contributed by atoms with Crippen LogP contribution in [0.25, 0.3) is 0 Å². The molecule has 0 bridgehead atoms. The molecule has 1 aromatic rings. The Morgan fingerprint density at radius 1 is 1.29 bits per heavy atom. The summed E-state index contributed by atoms with van der Waals surface area (Å²) in [5.41, 5.74) is 0.915. The molecule has 112 valence electrons. The number of nitrogens with zero attached hydrogens (tertiary/aromatic N) is 1. The predicted octanol–water partition coefficient (Wildman–Crippen LogP) is 2.36. The molecule has 1 aliphatic heterocycles. The molecular formula is C16H19ClN2O2. The van der Waals surface area contributed by atoms with E-state index >= 15 is 0 Å². The number of amides is 2.